The number of para-hydroxylation sites is 1. The van der Waals surface area contributed by atoms with Crippen molar-refractivity contribution in [3.63, 3.8) is 0 Å². The highest BCUT2D eigenvalue weighted by molar-refractivity contribution is 5.42. The Labute approximate surface area is 162 Å². The van der Waals surface area contributed by atoms with Gasteiger partial charge in [-0.25, -0.2) is 4.98 Å². The Bertz CT molecular complexity index is 1040. The lowest BCUT2D eigenvalue weighted by Gasteiger charge is -2.18. The highest BCUT2D eigenvalue weighted by atomic mass is 16.5. The van der Waals surface area contributed by atoms with Crippen molar-refractivity contribution in [2.75, 3.05) is 18.5 Å². The third-order valence-corrected chi connectivity index (χ3v) is 4.80. The minimum atomic E-state index is -0.131. The van der Waals surface area contributed by atoms with Crippen LogP contribution in [0.3, 0.4) is 0 Å². The molecule has 0 aliphatic carbocycles. The van der Waals surface area contributed by atoms with Gasteiger partial charge >= 0.3 is 0 Å². The van der Waals surface area contributed by atoms with E-state index in [1.54, 1.807) is 0 Å². The molecule has 1 N–H and O–H groups in total. The normalized spacial score (nSPS) is 12.9. The number of rotatable bonds is 5. The highest BCUT2D eigenvalue weighted by Crippen LogP contribution is 2.26. The second kappa shape index (κ2) is 7.46. The van der Waals surface area contributed by atoms with Crippen molar-refractivity contribution in [1.82, 2.24) is 20.1 Å². The fourth-order valence-electron chi connectivity index (χ4n) is 3.12. The van der Waals surface area contributed by atoms with Crippen molar-refractivity contribution >= 4 is 5.95 Å². The lowest BCUT2D eigenvalue weighted by molar-refractivity contribution is 0.302. The maximum atomic E-state index is 12.7. The number of benzene rings is 1. The first-order valence-corrected chi connectivity index (χ1v) is 9.37. The molecule has 0 fully saturated rings. The number of H-pyrrole nitrogens is 1. The molecule has 1 aromatic carbocycles. The van der Waals surface area contributed by atoms with Gasteiger partial charge in [0.1, 0.15) is 12.4 Å². The largest absolute Gasteiger partial charge is 0.487 e. The van der Waals surface area contributed by atoms with E-state index in [1.807, 2.05) is 50.1 Å². The van der Waals surface area contributed by atoms with Crippen LogP contribution in [0, 0.1) is 0 Å². The van der Waals surface area contributed by atoms with Crippen molar-refractivity contribution in [3.8, 4) is 5.75 Å². The monoisotopic (exact) mass is 381 g/mol. The third-order valence-electron chi connectivity index (χ3n) is 4.80. The topological polar surface area (TPSA) is 97.1 Å². The fourth-order valence-corrected chi connectivity index (χ4v) is 3.12. The summed E-state index contributed by atoms with van der Waals surface area (Å²) in [5.41, 5.74) is 2.19. The first-order valence-electron chi connectivity index (χ1n) is 9.37. The molecule has 0 saturated carbocycles. The number of likely N-dealkylation sites (N-methyl/N-ethyl adjacent to an activating group) is 1. The van der Waals surface area contributed by atoms with Crippen molar-refractivity contribution in [2.24, 2.45) is 0 Å². The SMILES string of the molecule is CC(C)c1nc(CCN(C)c2nc3c(c(=O)[nH]2)Cc2ccccc2OC3)no1. The van der Waals surface area contributed by atoms with Gasteiger partial charge in [0.05, 0.1) is 5.69 Å². The van der Waals surface area contributed by atoms with Crippen LogP contribution in [0.5, 0.6) is 5.75 Å². The standard InChI is InChI=1S/C20H23N5O3/c1-12(2)19-22-17(24-28-19)8-9-25(3)20-21-15-11-27-16-7-5-4-6-13(16)10-14(15)18(26)23-20/h4-7,12H,8-11H2,1-3H3,(H,21,23,26). The van der Waals surface area contributed by atoms with Crippen LogP contribution in [0.1, 0.15) is 48.3 Å². The van der Waals surface area contributed by atoms with Crippen LogP contribution in [0.15, 0.2) is 33.6 Å². The van der Waals surface area contributed by atoms with E-state index in [2.05, 4.69) is 20.1 Å². The summed E-state index contributed by atoms with van der Waals surface area (Å²) in [6, 6.07) is 7.76. The Balaban J connectivity index is 1.51. The molecule has 4 rings (SSSR count). The molecule has 0 radical (unpaired) electrons. The molecule has 1 aliphatic rings. The number of anilines is 1. The van der Waals surface area contributed by atoms with Gasteiger partial charge in [0, 0.05) is 37.9 Å². The zero-order valence-electron chi connectivity index (χ0n) is 16.2. The van der Waals surface area contributed by atoms with Crippen LogP contribution in [0.2, 0.25) is 0 Å². The minimum Gasteiger partial charge on any atom is -0.487 e. The second-order valence-corrected chi connectivity index (χ2v) is 7.26. The van der Waals surface area contributed by atoms with Crippen molar-refractivity contribution < 1.29 is 9.26 Å². The van der Waals surface area contributed by atoms with Gasteiger partial charge in [-0.3, -0.25) is 9.78 Å². The summed E-state index contributed by atoms with van der Waals surface area (Å²) in [7, 11) is 1.88. The molecule has 0 bridgehead atoms. The fraction of sp³-hybridized carbons (Fsp3) is 0.400. The average Bonchev–Trinajstić information content (AvgIpc) is 3.08. The number of aromatic nitrogens is 4. The maximum Gasteiger partial charge on any atom is 0.256 e. The van der Waals surface area contributed by atoms with E-state index < -0.39 is 0 Å². The van der Waals surface area contributed by atoms with E-state index in [0.717, 1.165) is 11.3 Å². The third kappa shape index (κ3) is 3.62. The van der Waals surface area contributed by atoms with Gasteiger partial charge < -0.3 is 14.2 Å². The summed E-state index contributed by atoms with van der Waals surface area (Å²) in [5.74, 6) is 2.78. The van der Waals surface area contributed by atoms with E-state index in [-0.39, 0.29) is 18.1 Å². The van der Waals surface area contributed by atoms with Gasteiger partial charge in [-0.1, -0.05) is 37.2 Å². The summed E-state index contributed by atoms with van der Waals surface area (Å²) in [6.45, 7) is 4.89. The molecule has 146 valence electrons. The number of nitrogens with one attached hydrogen (secondary N) is 1. The van der Waals surface area contributed by atoms with Crippen LogP contribution < -0.4 is 15.2 Å². The number of hydrogen-bond donors (Lipinski definition) is 1. The lowest BCUT2D eigenvalue weighted by Crippen LogP contribution is -2.28. The molecule has 28 heavy (non-hydrogen) atoms. The number of hydrogen-bond acceptors (Lipinski definition) is 7. The van der Waals surface area contributed by atoms with Crippen LogP contribution in [-0.2, 0) is 19.4 Å². The van der Waals surface area contributed by atoms with E-state index >= 15 is 0 Å². The summed E-state index contributed by atoms with van der Waals surface area (Å²) in [4.78, 5) is 26.5. The second-order valence-electron chi connectivity index (χ2n) is 7.26. The van der Waals surface area contributed by atoms with Crippen LogP contribution >= 0.6 is 0 Å². The Hall–Kier alpha value is -3.16. The van der Waals surface area contributed by atoms with E-state index in [1.165, 1.54) is 0 Å². The molecule has 0 unspecified atom stereocenters. The Kier molecular flexibility index (Phi) is 4.85. The van der Waals surface area contributed by atoms with Gasteiger partial charge in [-0.15, -0.1) is 0 Å². The van der Waals surface area contributed by atoms with Gasteiger partial charge in [-0.2, -0.15) is 4.98 Å². The van der Waals surface area contributed by atoms with Crippen LogP contribution in [0.25, 0.3) is 0 Å². The molecule has 1 aliphatic heterocycles. The van der Waals surface area contributed by atoms with E-state index in [0.29, 0.717) is 48.3 Å². The van der Waals surface area contributed by atoms with Gasteiger partial charge in [-0.05, 0) is 11.6 Å². The molecule has 3 aromatic rings. The molecule has 2 aromatic heterocycles. The minimum absolute atomic E-state index is 0.131. The molecule has 8 nitrogen and oxygen atoms in total. The van der Waals surface area contributed by atoms with E-state index in [9.17, 15) is 4.79 Å². The highest BCUT2D eigenvalue weighted by Gasteiger charge is 2.20. The molecule has 0 spiro atoms. The molecule has 3 heterocycles. The lowest BCUT2D eigenvalue weighted by atomic mass is 10.1. The first-order chi connectivity index (χ1) is 13.5. The maximum absolute atomic E-state index is 12.7. The first kappa shape index (κ1) is 18.2. The Morgan fingerprint density at radius 1 is 1.25 bits per heavy atom. The summed E-state index contributed by atoms with van der Waals surface area (Å²) in [5, 5.41) is 4.00. The van der Waals surface area contributed by atoms with Crippen molar-refractivity contribution in [1.29, 1.82) is 0 Å². The smallest absolute Gasteiger partial charge is 0.256 e. The van der Waals surface area contributed by atoms with Gasteiger partial charge in [0.25, 0.3) is 5.56 Å². The van der Waals surface area contributed by atoms with E-state index in [4.69, 9.17) is 9.26 Å². The van der Waals surface area contributed by atoms with Gasteiger partial charge in [0.2, 0.25) is 11.8 Å². The Morgan fingerprint density at radius 2 is 2.07 bits per heavy atom. The molecule has 0 saturated heterocycles. The zero-order chi connectivity index (χ0) is 19.7. The van der Waals surface area contributed by atoms with Crippen molar-refractivity contribution in [3.05, 3.63) is 63.2 Å². The van der Waals surface area contributed by atoms with Crippen molar-refractivity contribution in [2.45, 2.75) is 39.2 Å². The van der Waals surface area contributed by atoms with Crippen LogP contribution in [0.4, 0.5) is 5.95 Å². The average molecular weight is 381 g/mol. The molecular formula is C20H23N5O3. The quantitative estimate of drug-likeness (QED) is 0.725. The van der Waals surface area contributed by atoms with Crippen LogP contribution in [-0.4, -0.2) is 33.7 Å². The molecule has 0 atom stereocenters. The molecule has 8 heteroatoms. The zero-order valence-corrected chi connectivity index (χ0v) is 16.2. The van der Waals surface area contributed by atoms with Gasteiger partial charge in [0.15, 0.2) is 5.82 Å². The summed E-state index contributed by atoms with van der Waals surface area (Å²) in [6.07, 6.45) is 1.11. The summed E-state index contributed by atoms with van der Waals surface area (Å²) < 4.78 is 11.1. The molecular weight excluding hydrogens is 358 g/mol. The number of aromatic amines is 1. The Morgan fingerprint density at radius 3 is 2.86 bits per heavy atom. The molecule has 0 amide bonds. The number of nitrogens with zero attached hydrogens (tertiary/aromatic N) is 4. The predicted octanol–water partition coefficient (Wildman–Crippen LogP) is 2.44. The number of ether oxygens (including phenoxy) is 1. The number of fused-ring (bicyclic) bond motifs is 2. The summed E-state index contributed by atoms with van der Waals surface area (Å²) >= 11 is 0. The predicted molar refractivity (Wildman–Crippen MR) is 104 cm³/mol.